The van der Waals surface area contributed by atoms with E-state index in [1.165, 1.54) is 17.5 Å². The second-order valence-corrected chi connectivity index (χ2v) is 9.71. The summed E-state index contributed by atoms with van der Waals surface area (Å²) in [5, 5.41) is 0. The summed E-state index contributed by atoms with van der Waals surface area (Å²) in [5.74, 6) is 0. The van der Waals surface area contributed by atoms with Gasteiger partial charge in [-0.15, -0.1) is 0 Å². The summed E-state index contributed by atoms with van der Waals surface area (Å²) in [6.07, 6.45) is 6.12. The van der Waals surface area contributed by atoms with Crippen molar-refractivity contribution in [2.45, 2.75) is 51.5 Å². The molecule has 28 heavy (non-hydrogen) atoms. The third-order valence-electron chi connectivity index (χ3n) is 5.25. The first-order valence-electron chi connectivity index (χ1n) is 10.1. The molecule has 5 heteroatoms. The first-order chi connectivity index (χ1) is 13.6. The lowest BCUT2D eigenvalue weighted by atomic mass is 9.77. The zero-order chi connectivity index (χ0) is 20.4. The van der Waals surface area contributed by atoms with Crippen LogP contribution in [-0.4, -0.2) is 24.2 Å². The van der Waals surface area contributed by atoms with Crippen LogP contribution in [0.5, 0.6) is 0 Å². The Morgan fingerprint density at radius 1 is 0.821 bits per heavy atom. The molecule has 0 bridgehead atoms. The molecule has 0 aliphatic rings. The Bertz CT molecular complexity index is 673. The molecule has 2 rings (SSSR count). The van der Waals surface area contributed by atoms with Gasteiger partial charge in [-0.2, -0.15) is 0 Å². The highest BCUT2D eigenvalue weighted by atomic mass is 79.9. The molecule has 0 atom stereocenters. The maximum absolute atomic E-state index is 11.1. The van der Waals surface area contributed by atoms with Gasteiger partial charge in [-0.1, -0.05) is 82.8 Å². The Hall–Kier alpha value is -0.540. The highest BCUT2D eigenvalue weighted by Gasteiger charge is 2.39. The number of benzene rings is 2. The average Bonchev–Trinajstić information content (AvgIpc) is 2.70. The van der Waals surface area contributed by atoms with Crippen LogP contribution in [0, 0.1) is 0 Å². The van der Waals surface area contributed by atoms with E-state index >= 15 is 0 Å². The van der Waals surface area contributed by atoms with Crippen LogP contribution in [0.1, 0.15) is 57.1 Å². The van der Waals surface area contributed by atoms with Crippen molar-refractivity contribution in [3.05, 3.63) is 68.6 Å². The predicted molar refractivity (Wildman–Crippen MR) is 128 cm³/mol. The van der Waals surface area contributed by atoms with Gasteiger partial charge >= 0.3 is 0 Å². The summed E-state index contributed by atoms with van der Waals surface area (Å²) in [4.78, 5) is 2.64. The number of halogens is 2. The number of nitrogens with zero attached hydrogens (tertiary/aromatic N) is 1. The second kappa shape index (κ2) is 12.2. The highest BCUT2D eigenvalue weighted by molar-refractivity contribution is 9.10. The fourth-order valence-corrected chi connectivity index (χ4v) is 4.76. The van der Waals surface area contributed by atoms with Gasteiger partial charge in [-0.25, -0.2) is 0 Å². The first kappa shape index (κ1) is 23.7. The molecule has 0 fully saturated rings. The topological polar surface area (TPSA) is 20.3 Å². The van der Waals surface area contributed by atoms with Crippen molar-refractivity contribution in [2.75, 3.05) is 19.3 Å². The molecule has 0 aliphatic heterocycles. The summed E-state index contributed by atoms with van der Waals surface area (Å²) in [6.45, 7) is 6.50. The van der Waals surface area contributed by atoms with E-state index in [0.717, 1.165) is 47.7 Å². The van der Waals surface area contributed by atoms with Crippen LogP contribution in [0.25, 0.3) is 0 Å². The minimum absolute atomic E-state index is 0.176. The van der Waals surface area contributed by atoms with Crippen molar-refractivity contribution in [3.63, 3.8) is 0 Å². The van der Waals surface area contributed by atoms with Crippen LogP contribution in [0.2, 0.25) is 0 Å². The molecule has 2 aromatic rings. The monoisotopic (exact) mass is 525 g/mol. The molecule has 0 radical (unpaired) electrons. The third-order valence-corrected chi connectivity index (χ3v) is 6.81. The van der Waals surface area contributed by atoms with Crippen molar-refractivity contribution in [2.24, 2.45) is 0 Å². The Morgan fingerprint density at radius 3 is 1.75 bits per heavy atom. The van der Waals surface area contributed by atoms with Gasteiger partial charge in [0.1, 0.15) is 0 Å². The van der Waals surface area contributed by atoms with Crippen LogP contribution in [0.15, 0.2) is 57.5 Å². The van der Waals surface area contributed by atoms with E-state index < -0.39 is 0 Å². The number of unbranched alkanes of at least 4 members (excludes halogenated alkanes) is 1. The molecule has 0 saturated heterocycles. The summed E-state index contributed by atoms with van der Waals surface area (Å²) >= 11 is 7.18. The molecule has 0 saturated carbocycles. The molecule has 0 aromatic heterocycles. The van der Waals surface area contributed by atoms with Crippen molar-refractivity contribution >= 4 is 40.3 Å². The maximum Gasteiger partial charge on any atom is 0.155 e. The van der Waals surface area contributed by atoms with Gasteiger partial charge in [0.2, 0.25) is 0 Å². The van der Waals surface area contributed by atoms with Gasteiger partial charge < -0.3 is 0 Å². The summed E-state index contributed by atoms with van der Waals surface area (Å²) < 4.78 is 13.3. The summed E-state index contributed by atoms with van der Waals surface area (Å²) in [5.41, 5.74) is 2.48. The van der Waals surface area contributed by atoms with Gasteiger partial charge in [-0.3, -0.25) is 9.46 Å². The molecular weight excluding hydrogens is 497 g/mol. The van der Waals surface area contributed by atoms with Gasteiger partial charge in [0, 0.05) is 21.7 Å². The zero-order valence-corrected chi connectivity index (χ0v) is 20.9. The Balaban J connectivity index is 2.62. The lowest BCUT2D eigenvalue weighted by Gasteiger charge is -2.46. The molecule has 152 valence electrons. The maximum atomic E-state index is 11.1. The van der Waals surface area contributed by atoms with Crippen LogP contribution < -0.4 is 0 Å². The second-order valence-electron chi connectivity index (χ2n) is 7.17. The molecule has 0 unspecified atom stereocenters. The van der Waals surface area contributed by atoms with E-state index in [2.05, 4.69) is 99.1 Å². The smallest absolute Gasteiger partial charge is 0.155 e. The van der Waals surface area contributed by atoms with Gasteiger partial charge in [0.05, 0.1) is 5.54 Å². The van der Waals surface area contributed by atoms with Gasteiger partial charge in [-0.05, 0) is 61.2 Å². The largest absolute Gasteiger partial charge is 0.290 e. The minimum Gasteiger partial charge on any atom is -0.290 e. The van der Waals surface area contributed by atoms with E-state index in [9.17, 15) is 4.57 Å². The minimum atomic E-state index is -0.176. The Kier molecular flexibility index (Phi) is 10.4. The highest BCUT2D eigenvalue weighted by Crippen LogP contribution is 2.41. The van der Waals surface area contributed by atoms with Crippen molar-refractivity contribution in [1.82, 2.24) is 4.90 Å². The average molecular weight is 527 g/mol. The normalized spacial score (nSPS) is 12.0. The fourth-order valence-electron chi connectivity index (χ4n) is 3.96. The van der Waals surface area contributed by atoms with E-state index in [-0.39, 0.29) is 14.0 Å². The molecule has 0 amide bonds. The van der Waals surface area contributed by atoms with Crippen LogP contribution in [0.3, 0.4) is 0 Å². The third kappa shape index (κ3) is 5.98. The lowest BCUT2D eigenvalue weighted by molar-refractivity contribution is 0.109. The fraction of sp³-hybridized carbons (Fsp3) is 0.478. The quantitative estimate of drug-likeness (QED) is 0.206. The summed E-state index contributed by atoms with van der Waals surface area (Å²) in [7, 11) is 0.241. The van der Waals surface area contributed by atoms with E-state index in [4.69, 9.17) is 0 Å². The summed E-state index contributed by atoms with van der Waals surface area (Å²) in [6, 6.07) is 17.6. The molecule has 2 aromatic carbocycles. The molecular formula is C23H30Br2NOP. The van der Waals surface area contributed by atoms with Gasteiger partial charge in [0.25, 0.3) is 0 Å². The molecule has 2 nitrogen and oxygen atoms in total. The molecule has 0 N–H and O–H groups in total. The molecule has 0 spiro atoms. The molecule has 0 heterocycles. The predicted octanol–water partition coefficient (Wildman–Crippen LogP) is 8.04. The zero-order valence-electron chi connectivity index (χ0n) is 16.8. The Labute approximate surface area is 188 Å². The first-order valence-corrected chi connectivity index (χ1v) is 12.7. The number of rotatable bonds is 12. The van der Waals surface area contributed by atoms with Crippen LogP contribution in [-0.2, 0) is 10.1 Å². The number of hydrogen-bond acceptors (Lipinski definition) is 2. The van der Waals surface area contributed by atoms with E-state index in [0.29, 0.717) is 6.16 Å². The van der Waals surface area contributed by atoms with Crippen molar-refractivity contribution < 1.29 is 4.57 Å². The van der Waals surface area contributed by atoms with Gasteiger partial charge in [0.15, 0.2) is 8.46 Å². The van der Waals surface area contributed by atoms with Crippen molar-refractivity contribution in [3.8, 4) is 0 Å². The SMILES string of the molecule is CCCCN(CCCP=O)C(CCC)(c1ccc(Br)cc1)c1ccc(Br)cc1. The van der Waals surface area contributed by atoms with Crippen LogP contribution in [0.4, 0.5) is 0 Å². The Morgan fingerprint density at radius 2 is 1.32 bits per heavy atom. The van der Waals surface area contributed by atoms with Crippen LogP contribution >= 0.6 is 40.3 Å². The standard InChI is InChI=1S/C23H30Br2NOP/c1-3-5-16-26(17-6-18-28-27)23(15-4-2,19-7-11-21(24)12-8-19)20-9-13-22(25)14-10-20/h7-14H,3-6,15-18H2,1-2H3. The number of hydrogen-bond donors (Lipinski definition) is 0. The van der Waals surface area contributed by atoms with E-state index in [1.807, 2.05) is 0 Å². The van der Waals surface area contributed by atoms with E-state index in [1.54, 1.807) is 0 Å². The van der Waals surface area contributed by atoms with Crippen molar-refractivity contribution in [1.29, 1.82) is 0 Å². The lowest BCUT2D eigenvalue weighted by Crippen LogP contribution is -2.48. The molecule has 0 aliphatic carbocycles.